The van der Waals surface area contributed by atoms with Gasteiger partial charge in [-0.3, -0.25) is 0 Å². The number of rotatable bonds is 7. The zero-order valence-electron chi connectivity index (χ0n) is 14.7. The molecule has 1 aliphatic rings. The maximum absolute atomic E-state index is 5.00. The summed E-state index contributed by atoms with van der Waals surface area (Å²) in [4.78, 5) is 0. The fourth-order valence-corrected chi connectivity index (χ4v) is 2.53. The van der Waals surface area contributed by atoms with E-state index in [0.29, 0.717) is 12.5 Å². The third kappa shape index (κ3) is 6.44. The van der Waals surface area contributed by atoms with Crippen LogP contribution in [0.5, 0.6) is 0 Å². The maximum atomic E-state index is 5.00. The summed E-state index contributed by atoms with van der Waals surface area (Å²) in [5.74, 6) is 0.670. The summed E-state index contributed by atoms with van der Waals surface area (Å²) in [5, 5.41) is 0. The highest BCUT2D eigenvalue weighted by atomic mass is 16.5. The van der Waals surface area contributed by atoms with Gasteiger partial charge in [-0.05, 0) is 50.7 Å². The third-order valence-electron chi connectivity index (χ3n) is 3.95. The molecule has 1 aliphatic carbocycles. The van der Waals surface area contributed by atoms with Gasteiger partial charge < -0.3 is 4.74 Å². The van der Waals surface area contributed by atoms with E-state index in [-0.39, 0.29) is 0 Å². The zero-order chi connectivity index (χ0) is 16.4. The van der Waals surface area contributed by atoms with Gasteiger partial charge in [-0.15, -0.1) is 0 Å². The SMILES string of the molecule is CCC1CC=CC(C)=C1C=CC(C)=CC=C(C)C=CCOC. The van der Waals surface area contributed by atoms with Crippen LogP contribution in [0, 0.1) is 5.92 Å². The fourth-order valence-electron chi connectivity index (χ4n) is 2.53. The van der Waals surface area contributed by atoms with E-state index in [1.807, 2.05) is 6.08 Å². The number of ether oxygens (including phenoxy) is 1. The number of hydrogen-bond donors (Lipinski definition) is 0. The van der Waals surface area contributed by atoms with Gasteiger partial charge in [0, 0.05) is 7.11 Å². The van der Waals surface area contributed by atoms with E-state index < -0.39 is 0 Å². The van der Waals surface area contributed by atoms with E-state index in [2.05, 4.69) is 70.2 Å². The van der Waals surface area contributed by atoms with Crippen LogP contribution in [0.25, 0.3) is 0 Å². The highest BCUT2D eigenvalue weighted by molar-refractivity contribution is 5.40. The molecule has 0 radical (unpaired) electrons. The van der Waals surface area contributed by atoms with Crippen molar-refractivity contribution in [2.24, 2.45) is 5.92 Å². The molecule has 0 fully saturated rings. The van der Waals surface area contributed by atoms with Crippen molar-refractivity contribution in [3.8, 4) is 0 Å². The lowest BCUT2D eigenvalue weighted by atomic mass is 9.85. The van der Waals surface area contributed by atoms with Crippen molar-refractivity contribution >= 4 is 0 Å². The molecule has 120 valence electrons. The standard InChI is InChI=1S/C21H30O/c1-6-20-11-7-10-19(4)21(20)15-14-18(3)13-12-17(2)9-8-16-22-5/h7-10,12-15,20H,6,11,16H2,1-5H3. The molecular weight excluding hydrogens is 268 g/mol. The first kappa shape index (κ1) is 18.4. The summed E-state index contributed by atoms with van der Waals surface area (Å²) in [6.45, 7) is 9.39. The Kier molecular flexibility index (Phi) is 8.54. The second-order valence-corrected chi connectivity index (χ2v) is 5.89. The van der Waals surface area contributed by atoms with Crippen molar-refractivity contribution in [1.29, 1.82) is 0 Å². The molecule has 0 bridgehead atoms. The Hall–Kier alpha value is -1.60. The molecule has 22 heavy (non-hydrogen) atoms. The molecule has 1 heteroatoms. The monoisotopic (exact) mass is 298 g/mol. The van der Waals surface area contributed by atoms with Crippen LogP contribution in [0.15, 0.2) is 70.9 Å². The van der Waals surface area contributed by atoms with Crippen molar-refractivity contribution < 1.29 is 4.74 Å². The van der Waals surface area contributed by atoms with Crippen molar-refractivity contribution in [1.82, 2.24) is 0 Å². The predicted molar refractivity (Wildman–Crippen MR) is 97.9 cm³/mol. The summed E-state index contributed by atoms with van der Waals surface area (Å²) in [7, 11) is 1.71. The van der Waals surface area contributed by atoms with Crippen molar-refractivity contribution in [3.05, 3.63) is 70.9 Å². The van der Waals surface area contributed by atoms with E-state index >= 15 is 0 Å². The normalized spacial score (nSPS) is 20.7. The van der Waals surface area contributed by atoms with Gasteiger partial charge in [0.05, 0.1) is 6.61 Å². The molecule has 0 aromatic heterocycles. The molecule has 1 rings (SSSR count). The smallest absolute Gasteiger partial charge is 0.0646 e. The largest absolute Gasteiger partial charge is 0.381 e. The second-order valence-electron chi connectivity index (χ2n) is 5.89. The minimum Gasteiger partial charge on any atom is -0.381 e. The summed E-state index contributed by atoms with van der Waals surface area (Å²) >= 11 is 0. The topological polar surface area (TPSA) is 9.23 Å². The Bertz CT molecular complexity index is 524. The van der Waals surface area contributed by atoms with E-state index in [1.165, 1.54) is 35.1 Å². The fraction of sp³-hybridized carbons (Fsp3) is 0.429. The van der Waals surface area contributed by atoms with Crippen LogP contribution >= 0.6 is 0 Å². The van der Waals surface area contributed by atoms with Crippen LogP contribution in [0.3, 0.4) is 0 Å². The highest BCUT2D eigenvalue weighted by Crippen LogP contribution is 2.29. The average molecular weight is 298 g/mol. The first-order chi connectivity index (χ1) is 10.6. The third-order valence-corrected chi connectivity index (χ3v) is 3.95. The first-order valence-corrected chi connectivity index (χ1v) is 8.14. The minimum atomic E-state index is 0.660. The quantitative estimate of drug-likeness (QED) is 0.528. The lowest BCUT2D eigenvalue weighted by Crippen LogP contribution is -2.05. The van der Waals surface area contributed by atoms with Gasteiger partial charge in [-0.2, -0.15) is 0 Å². The van der Waals surface area contributed by atoms with E-state index in [4.69, 9.17) is 4.74 Å². The van der Waals surface area contributed by atoms with Crippen LogP contribution in [-0.4, -0.2) is 13.7 Å². The van der Waals surface area contributed by atoms with Gasteiger partial charge in [0.2, 0.25) is 0 Å². The van der Waals surface area contributed by atoms with Crippen LogP contribution in [-0.2, 0) is 4.74 Å². The molecule has 0 saturated carbocycles. The van der Waals surface area contributed by atoms with Crippen LogP contribution < -0.4 is 0 Å². The van der Waals surface area contributed by atoms with Gasteiger partial charge in [0.25, 0.3) is 0 Å². The minimum absolute atomic E-state index is 0.660. The Morgan fingerprint density at radius 2 is 1.91 bits per heavy atom. The summed E-state index contributed by atoms with van der Waals surface area (Å²) < 4.78 is 5.00. The molecule has 1 nitrogen and oxygen atoms in total. The van der Waals surface area contributed by atoms with E-state index in [9.17, 15) is 0 Å². The predicted octanol–water partition coefficient (Wildman–Crippen LogP) is 5.94. The van der Waals surface area contributed by atoms with Crippen LogP contribution in [0.4, 0.5) is 0 Å². The lowest BCUT2D eigenvalue weighted by molar-refractivity contribution is 0.234. The summed E-state index contributed by atoms with van der Waals surface area (Å²) in [6.07, 6.45) is 19.8. The maximum Gasteiger partial charge on any atom is 0.0646 e. The summed E-state index contributed by atoms with van der Waals surface area (Å²) in [5.41, 5.74) is 5.38. The molecule has 0 N–H and O–H groups in total. The molecule has 0 heterocycles. The molecule has 0 aliphatic heterocycles. The number of methoxy groups -OCH3 is 1. The number of hydrogen-bond acceptors (Lipinski definition) is 1. The molecular formula is C21H30O. The Morgan fingerprint density at radius 3 is 2.55 bits per heavy atom. The lowest BCUT2D eigenvalue weighted by Gasteiger charge is -2.20. The Balaban J connectivity index is 2.74. The van der Waals surface area contributed by atoms with Gasteiger partial charge in [-0.25, -0.2) is 0 Å². The average Bonchev–Trinajstić information content (AvgIpc) is 2.51. The molecule has 0 aromatic carbocycles. The molecule has 0 amide bonds. The second kappa shape index (κ2) is 10.2. The molecule has 0 saturated heterocycles. The Morgan fingerprint density at radius 1 is 1.23 bits per heavy atom. The van der Waals surface area contributed by atoms with Gasteiger partial charge >= 0.3 is 0 Å². The summed E-state index contributed by atoms with van der Waals surface area (Å²) in [6, 6.07) is 0. The van der Waals surface area contributed by atoms with Crippen molar-refractivity contribution in [2.75, 3.05) is 13.7 Å². The molecule has 0 spiro atoms. The zero-order valence-corrected chi connectivity index (χ0v) is 14.7. The molecule has 0 aromatic rings. The van der Waals surface area contributed by atoms with Gasteiger partial charge in [0.15, 0.2) is 0 Å². The number of allylic oxidation sites excluding steroid dienone is 11. The van der Waals surface area contributed by atoms with E-state index in [1.54, 1.807) is 7.11 Å². The van der Waals surface area contributed by atoms with Gasteiger partial charge in [0.1, 0.15) is 0 Å². The van der Waals surface area contributed by atoms with Gasteiger partial charge in [-0.1, -0.05) is 66.7 Å². The van der Waals surface area contributed by atoms with Crippen LogP contribution in [0.2, 0.25) is 0 Å². The first-order valence-electron chi connectivity index (χ1n) is 8.14. The van der Waals surface area contributed by atoms with Crippen LogP contribution in [0.1, 0.15) is 40.5 Å². The molecule has 1 atom stereocenters. The van der Waals surface area contributed by atoms with Crippen molar-refractivity contribution in [2.45, 2.75) is 40.5 Å². The Labute approximate surface area is 136 Å². The highest BCUT2D eigenvalue weighted by Gasteiger charge is 2.13. The van der Waals surface area contributed by atoms with Crippen molar-refractivity contribution in [3.63, 3.8) is 0 Å². The molecule has 1 unspecified atom stereocenters. The van der Waals surface area contributed by atoms with E-state index in [0.717, 1.165) is 0 Å².